The fourth-order valence-corrected chi connectivity index (χ4v) is 4.51. The van der Waals surface area contributed by atoms with Crippen molar-refractivity contribution in [2.45, 2.75) is 39.5 Å². The Labute approximate surface area is 165 Å². The number of aryl methyl sites for hydroxylation is 2. The van der Waals surface area contributed by atoms with E-state index in [0.717, 1.165) is 67.0 Å². The average Bonchev–Trinajstić information content (AvgIpc) is 3.07. The van der Waals surface area contributed by atoms with E-state index < -0.39 is 0 Å². The number of hydrogen-bond donors (Lipinski definition) is 0. The molecule has 0 N–H and O–H groups in total. The van der Waals surface area contributed by atoms with Crippen LogP contribution in [0.3, 0.4) is 0 Å². The maximum atomic E-state index is 5.74. The van der Waals surface area contributed by atoms with E-state index in [2.05, 4.69) is 52.0 Å². The highest BCUT2D eigenvalue weighted by Gasteiger charge is 2.25. The lowest BCUT2D eigenvalue weighted by molar-refractivity contribution is 0.0803. The maximum absolute atomic E-state index is 5.74. The van der Waals surface area contributed by atoms with Crippen LogP contribution in [0.5, 0.6) is 0 Å². The molecule has 0 bridgehead atoms. The van der Waals surface area contributed by atoms with E-state index in [4.69, 9.17) is 4.74 Å². The maximum Gasteiger partial charge on any atom is 0.159 e. The van der Waals surface area contributed by atoms with Gasteiger partial charge in [-0.2, -0.15) is 5.10 Å². The second-order valence-electron chi connectivity index (χ2n) is 8.38. The first kappa shape index (κ1) is 17.6. The molecule has 0 aliphatic carbocycles. The predicted octanol–water partition coefficient (Wildman–Crippen LogP) is 3.78. The van der Waals surface area contributed by atoms with Crippen LogP contribution in [0.2, 0.25) is 0 Å². The van der Waals surface area contributed by atoms with Crippen LogP contribution in [0.4, 0.5) is 5.82 Å². The largest absolute Gasteiger partial charge is 0.381 e. The lowest BCUT2D eigenvalue weighted by Crippen LogP contribution is -2.45. The molecule has 0 spiro atoms. The number of nitrogens with zero attached hydrogens (tertiary/aromatic N) is 5. The van der Waals surface area contributed by atoms with Crippen molar-refractivity contribution in [3.63, 3.8) is 0 Å². The molecule has 2 fully saturated rings. The van der Waals surface area contributed by atoms with Gasteiger partial charge in [-0.1, -0.05) is 6.92 Å². The van der Waals surface area contributed by atoms with Crippen molar-refractivity contribution < 1.29 is 4.74 Å². The Hall–Kier alpha value is -2.47. The van der Waals surface area contributed by atoms with E-state index in [0.29, 0.717) is 5.92 Å². The van der Waals surface area contributed by atoms with Gasteiger partial charge in [-0.25, -0.2) is 14.6 Å². The van der Waals surface area contributed by atoms with Gasteiger partial charge in [0.2, 0.25) is 0 Å². The Morgan fingerprint density at radius 1 is 1.07 bits per heavy atom. The van der Waals surface area contributed by atoms with Crippen molar-refractivity contribution in [3.05, 3.63) is 41.3 Å². The van der Waals surface area contributed by atoms with Crippen LogP contribution in [0.25, 0.3) is 16.7 Å². The van der Waals surface area contributed by atoms with Crippen LogP contribution in [0, 0.1) is 19.8 Å². The van der Waals surface area contributed by atoms with Gasteiger partial charge in [-0.05, 0) is 55.9 Å². The van der Waals surface area contributed by atoms with Crippen LogP contribution >= 0.6 is 0 Å². The number of benzene rings is 1. The van der Waals surface area contributed by atoms with Crippen molar-refractivity contribution in [2.75, 3.05) is 31.2 Å². The zero-order chi connectivity index (χ0) is 19.3. The van der Waals surface area contributed by atoms with Gasteiger partial charge in [0.1, 0.15) is 11.6 Å². The first-order valence-corrected chi connectivity index (χ1v) is 10.3. The number of fused-ring (bicyclic) bond motifs is 1. The summed E-state index contributed by atoms with van der Waals surface area (Å²) in [5.74, 6) is 3.81. The highest BCUT2D eigenvalue weighted by Crippen LogP contribution is 2.32. The Morgan fingerprint density at radius 3 is 2.64 bits per heavy atom. The first-order valence-electron chi connectivity index (χ1n) is 10.3. The molecule has 2 aliphatic heterocycles. The van der Waals surface area contributed by atoms with Crippen molar-refractivity contribution in [1.82, 2.24) is 19.7 Å². The van der Waals surface area contributed by atoms with E-state index >= 15 is 0 Å². The molecule has 2 saturated heterocycles. The first-order chi connectivity index (χ1) is 13.6. The molecule has 0 saturated carbocycles. The molecule has 6 heteroatoms. The van der Waals surface area contributed by atoms with Crippen LogP contribution < -0.4 is 4.90 Å². The molecule has 5 rings (SSSR count). The zero-order valence-corrected chi connectivity index (χ0v) is 16.9. The molecular weight excluding hydrogens is 350 g/mol. The average molecular weight is 377 g/mol. The fraction of sp³-hybridized carbons (Fsp3) is 0.500. The van der Waals surface area contributed by atoms with Crippen molar-refractivity contribution in [1.29, 1.82) is 0 Å². The summed E-state index contributed by atoms with van der Waals surface area (Å²) >= 11 is 0. The second-order valence-corrected chi connectivity index (χ2v) is 8.38. The van der Waals surface area contributed by atoms with E-state index in [1.807, 2.05) is 17.8 Å². The molecule has 1 aromatic carbocycles. The second kappa shape index (κ2) is 6.85. The summed E-state index contributed by atoms with van der Waals surface area (Å²) in [6.45, 7) is 10.2. The van der Waals surface area contributed by atoms with Gasteiger partial charge in [0.25, 0.3) is 0 Å². The smallest absolute Gasteiger partial charge is 0.159 e. The number of anilines is 1. The molecule has 146 valence electrons. The lowest BCUT2D eigenvalue weighted by Gasteiger charge is -2.38. The molecule has 1 atom stereocenters. The number of hydrogen-bond acceptors (Lipinski definition) is 5. The normalized spacial score (nSPS) is 20.5. The minimum atomic E-state index is 0.465. The molecule has 6 nitrogen and oxygen atoms in total. The van der Waals surface area contributed by atoms with E-state index in [1.54, 1.807) is 0 Å². The summed E-state index contributed by atoms with van der Waals surface area (Å²) in [7, 11) is 0. The molecule has 28 heavy (non-hydrogen) atoms. The lowest BCUT2D eigenvalue weighted by atomic mass is 9.89. The minimum absolute atomic E-state index is 0.465. The van der Waals surface area contributed by atoms with Gasteiger partial charge < -0.3 is 9.64 Å². The summed E-state index contributed by atoms with van der Waals surface area (Å²) in [4.78, 5) is 11.6. The topological polar surface area (TPSA) is 56.1 Å². The molecule has 0 amide bonds. The van der Waals surface area contributed by atoms with Crippen LogP contribution in [-0.4, -0.2) is 46.1 Å². The summed E-state index contributed by atoms with van der Waals surface area (Å²) in [6, 6.07) is 6.60. The minimum Gasteiger partial charge on any atom is -0.381 e. The van der Waals surface area contributed by atoms with E-state index in [9.17, 15) is 0 Å². The summed E-state index contributed by atoms with van der Waals surface area (Å²) in [5, 5.41) is 5.82. The summed E-state index contributed by atoms with van der Waals surface area (Å²) < 4.78 is 7.70. The van der Waals surface area contributed by atoms with Gasteiger partial charge in [0.15, 0.2) is 5.82 Å². The quantitative estimate of drug-likeness (QED) is 0.695. The van der Waals surface area contributed by atoms with Gasteiger partial charge >= 0.3 is 0 Å². The zero-order valence-electron chi connectivity index (χ0n) is 16.9. The third-order valence-electron chi connectivity index (χ3n) is 5.97. The molecule has 4 heterocycles. The van der Waals surface area contributed by atoms with Gasteiger partial charge in [-0.15, -0.1) is 0 Å². The van der Waals surface area contributed by atoms with E-state index in [1.165, 1.54) is 17.5 Å². The third-order valence-corrected chi connectivity index (χ3v) is 5.97. The molecule has 2 aromatic heterocycles. The Balaban J connectivity index is 1.57. The SMILES string of the molecule is Cc1nc(N2CC(C)C2)cc(-n2ncc3cc(C)c(C4CCCOC4)cc32)n1. The Kier molecular flexibility index (Phi) is 4.31. The highest BCUT2D eigenvalue weighted by atomic mass is 16.5. The van der Waals surface area contributed by atoms with Gasteiger partial charge in [0, 0.05) is 37.1 Å². The number of rotatable bonds is 3. The van der Waals surface area contributed by atoms with Crippen molar-refractivity contribution in [2.24, 2.45) is 5.92 Å². The molecule has 0 radical (unpaired) electrons. The van der Waals surface area contributed by atoms with Crippen molar-refractivity contribution in [3.8, 4) is 5.82 Å². The standard InChI is InChI=1S/C22H27N5O/c1-14-11-26(12-14)21-9-22(25-16(3)24-21)27-20-8-19(17-5-4-6-28-13-17)15(2)7-18(20)10-23-27/h7-10,14,17H,4-6,11-13H2,1-3H3. The molecular formula is C22H27N5O. The summed E-state index contributed by atoms with van der Waals surface area (Å²) in [6.07, 6.45) is 4.25. The molecule has 3 aromatic rings. The highest BCUT2D eigenvalue weighted by molar-refractivity contribution is 5.82. The van der Waals surface area contributed by atoms with Crippen molar-refractivity contribution >= 4 is 16.7 Å². The van der Waals surface area contributed by atoms with Gasteiger partial charge in [-0.3, -0.25) is 0 Å². The number of aromatic nitrogens is 4. The predicted molar refractivity (Wildman–Crippen MR) is 110 cm³/mol. The summed E-state index contributed by atoms with van der Waals surface area (Å²) in [5.41, 5.74) is 3.79. The van der Waals surface area contributed by atoms with E-state index in [-0.39, 0.29) is 0 Å². The van der Waals surface area contributed by atoms with Crippen LogP contribution in [0.1, 0.15) is 42.6 Å². The van der Waals surface area contributed by atoms with Gasteiger partial charge in [0.05, 0.1) is 18.3 Å². The Morgan fingerprint density at radius 2 is 1.89 bits per heavy atom. The number of ether oxygens (including phenoxy) is 1. The Bertz CT molecular complexity index is 1020. The van der Waals surface area contributed by atoms with Crippen LogP contribution in [0.15, 0.2) is 24.4 Å². The fourth-order valence-electron chi connectivity index (χ4n) is 4.51. The molecule has 1 unspecified atom stereocenters. The monoisotopic (exact) mass is 377 g/mol. The third kappa shape index (κ3) is 3.05. The molecule has 2 aliphatic rings. The van der Waals surface area contributed by atoms with Crippen LogP contribution in [-0.2, 0) is 4.74 Å².